The molecule has 0 aliphatic heterocycles. The molecule has 5 nitrogen and oxygen atoms in total. The van der Waals surface area contributed by atoms with Gasteiger partial charge in [-0.2, -0.15) is 0 Å². The van der Waals surface area contributed by atoms with Gasteiger partial charge in [0.1, 0.15) is 6.61 Å². The van der Waals surface area contributed by atoms with Crippen molar-refractivity contribution < 1.29 is 10.2 Å². The first-order valence-electron chi connectivity index (χ1n) is 7.51. The summed E-state index contributed by atoms with van der Waals surface area (Å²) in [6, 6.07) is 0.454. The summed E-state index contributed by atoms with van der Waals surface area (Å²) in [7, 11) is 0. The normalized spacial score (nSPS) is 30.6. The van der Waals surface area contributed by atoms with E-state index < -0.39 is 5.60 Å². The van der Waals surface area contributed by atoms with Gasteiger partial charge in [0, 0.05) is 11.8 Å². The molecule has 1 heterocycles. The molecule has 0 spiro atoms. The first kappa shape index (κ1) is 14.4. The summed E-state index contributed by atoms with van der Waals surface area (Å²) in [5, 5.41) is 29.0. The fourth-order valence-electron chi connectivity index (χ4n) is 2.86. The Labute approximate surface area is 123 Å². The lowest BCUT2D eigenvalue weighted by Gasteiger charge is -2.34. The summed E-state index contributed by atoms with van der Waals surface area (Å²) in [5.41, 5.74) is -0.559. The second-order valence-electron chi connectivity index (χ2n) is 6.35. The Hall–Kier alpha value is -0.590. The van der Waals surface area contributed by atoms with Crippen LogP contribution in [-0.4, -0.2) is 36.3 Å². The lowest BCUT2D eigenvalue weighted by molar-refractivity contribution is 0.0149. The van der Waals surface area contributed by atoms with Crippen LogP contribution >= 0.6 is 11.8 Å². The highest BCUT2D eigenvalue weighted by Gasteiger charge is 2.34. The first-order chi connectivity index (χ1) is 9.61. The molecule has 0 unspecified atom stereocenters. The molecule has 0 atom stereocenters. The minimum atomic E-state index is -0.559. The molecule has 0 aromatic carbocycles. The predicted molar refractivity (Wildman–Crippen MR) is 77.5 cm³/mol. The van der Waals surface area contributed by atoms with E-state index in [0.717, 1.165) is 49.6 Å². The summed E-state index contributed by atoms with van der Waals surface area (Å²) in [5.74, 6) is 2.06. The molecule has 20 heavy (non-hydrogen) atoms. The van der Waals surface area contributed by atoms with Crippen molar-refractivity contribution in [1.82, 2.24) is 14.8 Å². The molecule has 2 aliphatic carbocycles. The van der Waals surface area contributed by atoms with Crippen molar-refractivity contribution >= 4 is 11.8 Å². The summed E-state index contributed by atoms with van der Waals surface area (Å²) in [6.45, 7) is 2.19. The standard InChI is InChI=1S/C14H23N3O2S/c1-10-4-6-14(19,7-5-10)9-20-13-16-15-12(8-18)17(13)11-2-3-11/h10-11,18-19H,2-9H2,1H3. The summed E-state index contributed by atoms with van der Waals surface area (Å²) in [4.78, 5) is 0. The first-order valence-corrected chi connectivity index (χ1v) is 8.50. The van der Waals surface area contributed by atoms with Crippen LogP contribution in [0.25, 0.3) is 0 Å². The van der Waals surface area contributed by atoms with Gasteiger partial charge >= 0.3 is 0 Å². The minimum absolute atomic E-state index is 0.0636. The lowest BCUT2D eigenvalue weighted by atomic mass is 9.81. The van der Waals surface area contributed by atoms with E-state index in [2.05, 4.69) is 21.7 Å². The third-order valence-corrected chi connectivity index (χ3v) is 5.68. The molecule has 1 aromatic heterocycles. The van der Waals surface area contributed by atoms with Crippen LogP contribution in [0.4, 0.5) is 0 Å². The SMILES string of the molecule is CC1CCC(O)(CSc2nnc(CO)n2C2CC2)CC1. The highest BCUT2D eigenvalue weighted by molar-refractivity contribution is 7.99. The highest BCUT2D eigenvalue weighted by atomic mass is 32.2. The van der Waals surface area contributed by atoms with Crippen LogP contribution < -0.4 is 0 Å². The third kappa shape index (κ3) is 3.02. The van der Waals surface area contributed by atoms with E-state index in [9.17, 15) is 10.2 Å². The number of nitrogens with zero attached hydrogens (tertiary/aromatic N) is 3. The fraction of sp³-hybridized carbons (Fsp3) is 0.857. The van der Waals surface area contributed by atoms with Crippen LogP contribution in [0.1, 0.15) is 57.3 Å². The predicted octanol–water partition coefficient (Wildman–Crippen LogP) is 2.14. The molecule has 2 aliphatic rings. The largest absolute Gasteiger partial charge is 0.389 e. The highest BCUT2D eigenvalue weighted by Crippen LogP contribution is 2.40. The topological polar surface area (TPSA) is 71.2 Å². The smallest absolute Gasteiger partial charge is 0.191 e. The lowest BCUT2D eigenvalue weighted by Crippen LogP contribution is -2.36. The maximum absolute atomic E-state index is 10.6. The fourth-order valence-corrected chi connectivity index (χ4v) is 4.03. The molecule has 2 N–H and O–H groups in total. The number of thioether (sulfide) groups is 1. The zero-order chi connectivity index (χ0) is 14.2. The van der Waals surface area contributed by atoms with Gasteiger partial charge in [-0.1, -0.05) is 18.7 Å². The van der Waals surface area contributed by atoms with Crippen molar-refractivity contribution in [1.29, 1.82) is 0 Å². The minimum Gasteiger partial charge on any atom is -0.389 e. The molecule has 6 heteroatoms. The van der Waals surface area contributed by atoms with Gasteiger partial charge in [0.05, 0.1) is 5.60 Å². The number of hydrogen-bond acceptors (Lipinski definition) is 5. The van der Waals surface area contributed by atoms with E-state index in [-0.39, 0.29) is 6.61 Å². The van der Waals surface area contributed by atoms with Crippen molar-refractivity contribution in [2.75, 3.05) is 5.75 Å². The van der Waals surface area contributed by atoms with Gasteiger partial charge in [-0.05, 0) is 44.4 Å². The molecule has 0 bridgehead atoms. The average molecular weight is 297 g/mol. The quantitative estimate of drug-likeness (QED) is 0.815. The van der Waals surface area contributed by atoms with Gasteiger partial charge in [-0.15, -0.1) is 10.2 Å². The van der Waals surface area contributed by atoms with Gasteiger partial charge in [0.25, 0.3) is 0 Å². The second kappa shape index (κ2) is 5.66. The van der Waals surface area contributed by atoms with E-state index in [1.807, 2.05) is 0 Å². The van der Waals surface area contributed by atoms with E-state index in [4.69, 9.17) is 0 Å². The van der Waals surface area contributed by atoms with Gasteiger partial charge < -0.3 is 14.8 Å². The van der Waals surface area contributed by atoms with Crippen LogP contribution in [0.3, 0.4) is 0 Å². The molecule has 0 saturated heterocycles. The van der Waals surface area contributed by atoms with E-state index in [1.54, 1.807) is 11.8 Å². The molecule has 1 aromatic rings. The zero-order valence-corrected chi connectivity index (χ0v) is 12.8. The van der Waals surface area contributed by atoms with E-state index >= 15 is 0 Å². The van der Waals surface area contributed by atoms with Crippen molar-refractivity contribution in [3.05, 3.63) is 5.82 Å². The number of hydrogen-bond donors (Lipinski definition) is 2. The maximum atomic E-state index is 10.6. The van der Waals surface area contributed by atoms with E-state index in [0.29, 0.717) is 17.6 Å². The molecule has 0 amide bonds. The molecule has 2 fully saturated rings. The van der Waals surface area contributed by atoms with Crippen molar-refractivity contribution in [2.45, 2.75) is 68.9 Å². The Kier molecular flexibility index (Phi) is 4.06. The van der Waals surface area contributed by atoms with Gasteiger partial charge in [-0.25, -0.2) is 0 Å². The Morgan fingerprint density at radius 1 is 1.25 bits per heavy atom. The number of aromatic nitrogens is 3. The molecule has 3 rings (SSSR count). The Morgan fingerprint density at radius 3 is 2.55 bits per heavy atom. The Morgan fingerprint density at radius 2 is 1.95 bits per heavy atom. The summed E-state index contributed by atoms with van der Waals surface area (Å²) < 4.78 is 2.06. The van der Waals surface area contributed by atoms with Crippen molar-refractivity contribution in [3.63, 3.8) is 0 Å². The van der Waals surface area contributed by atoms with Crippen LogP contribution in [-0.2, 0) is 6.61 Å². The molecule has 112 valence electrons. The number of rotatable bonds is 5. The summed E-state index contributed by atoms with van der Waals surface area (Å²) >= 11 is 1.59. The Balaban J connectivity index is 1.65. The van der Waals surface area contributed by atoms with Gasteiger partial charge in [0.2, 0.25) is 0 Å². The average Bonchev–Trinajstić information content (AvgIpc) is 3.20. The van der Waals surface area contributed by atoms with Crippen molar-refractivity contribution in [2.24, 2.45) is 5.92 Å². The second-order valence-corrected chi connectivity index (χ2v) is 7.30. The summed E-state index contributed by atoms with van der Waals surface area (Å²) in [6.07, 6.45) is 6.25. The number of aliphatic hydroxyl groups is 2. The molecule has 2 saturated carbocycles. The monoisotopic (exact) mass is 297 g/mol. The van der Waals surface area contributed by atoms with Gasteiger partial charge in [0.15, 0.2) is 11.0 Å². The van der Waals surface area contributed by atoms with Crippen LogP contribution in [0.2, 0.25) is 0 Å². The van der Waals surface area contributed by atoms with Crippen LogP contribution in [0.5, 0.6) is 0 Å². The molecular weight excluding hydrogens is 274 g/mol. The van der Waals surface area contributed by atoms with Crippen LogP contribution in [0.15, 0.2) is 5.16 Å². The molecular formula is C14H23N3O2S. The molecule has 0 radical (unpaired) electrons. The number of aliphatic hydroxyl groups excluding tert-OH is 1. The van der Waals surface area contributed by atoms with Crippen molar-refractivity contribution in [3.8, 4) is 0 Å². The van der Waals surface area contributed by atoms with Gasteiger partial charge in [-0.3, -0.25) is 0 Å². The van der Waals surface area contributed by atoms with E-state index in [1.165, 1.54) is 0 Å². The van der Waals surface area contributed by atoms with Crippen LogP contribution in [0, 0.1) is 5.92 Å². The zero-order valence-electron chi connectivity index (χ0n) is 12.0. The maximum Gasteiger partial charge on any atom is 0.191 e. The Bertz CT molecular complexity index is 465. The third-order valence-electron chi connectivity index (χ3n) is 4.46.